The number of hydrogen-bond donors (Lipinski definition) is 2. The van der Waals surface area contributed by atoms with Crippen molar-refractivity contribution in [1.29, 1.82) is 0 Å². The Morgan fingerprint density at radius 3 is 2.89 bits per heavy atom. The Labute approximate surface area is 106 Å². The average molecular weight is 247 g/mol. The molecule has 0 aliphatic rings. The summed E-state index contributed by atoms with van der Waals surface area (Å²) in [6.07, 6.45) is 2.94. The van der Waals surface area contributed by atoms with E-state index in [-0.39, 0.29) is 6.61 Å². The van der Waals surface area contributed by atoms with Gasteiger partial charge in [0.1, 0.15) is 24.3 Å². The molecule has 0 aliphatic carbocycles. The van der Waals surface area contributed by atoms with Crippen molar-refractivity contribution >= 4 is 5.69 Å². The lowest BCUT2D eigenvalue weighted by Crippen LogP contribution is -2.24. The monoisotopic (exact) mass is 247 g/mol. The van der Waals surface area contributed by atoms with Crippen LogP contribution in [0.3, 0.4) is 0 Å². The molecular weight excluding hydrogens is 230 g/mol. The lowest BCUT2D eigenvalue weighted by molar-refractivity contribution is 0.0923. The summed E-state index contributed by atoms with van der Waals surface area (Å²) in [4.78, 5) is 4.09. The first-order valence-electron chi connectivity index (χ1n) is 5.80. The van der Waals surface area contributed by atoms with Gasteiger partial charge >= 0.3 is 0 Å². The smallest absolute Gasteiger partial charge is 0.142 e. The minimum absolute atomic E-state index is 0.200. The number of rotatable bonds is 5. The molecule has 1 heterocycles. The highest BCUT2D eigenvalue weighted by Gasteiger charge is 2.08. The molecular formula is C13H17N3O2. The minimum Gasteiger partial charge on any atom is -0.489 e. The van der Waals surface area contributed by atoms with Gasteiger partial charge in [0, 0.05) is 12.4 Å². The highest BCUT2D eigenvalue weighted by Crippen LogP contribution is 2.19. The van der Waals surface area contributed by atoms with Crippen LogP contribution in [0.1, 0.15) is 5.82 Å². The molecule has 1 aromatic carbocycles. The van der Waals surface area contributed by atoms with Gasteiger partial charge in [0.2, 0.25) is 0 Å². The number of benzene rings is 1. The highest BCUT2D eigenvalue weighted by molar-refractivity contribution is 5.51. The van der Waals surface area contributed by atoms with Crippen LogP contribution in [0.25, 0.3) is 0 Å². The average Bonchev–Trinajstić information content (AvgIpc) is 2.74. The molecule has 1 aromatic heterocycles. The summed E-state index contributed by atoms with van der Waals surface area (Å²) in [7, 11) is 0. The van der Waals surface area contributed by atoms with Gasteiger partial charge in [-0.25, -0.2) is 4.98 Å². The van der Waals surface area contributed by atoms with Crippen LogP contribution >= 0.6 is 0 Å². The summed E-state index contributed by atoms with van der Waals surface area (Å²) in [5, 5.41) is 9.88. The van der Waals surface area contributed by atoms with Gasteiger partial charge in [-0.05, 0) is 19.1 Å². The van der Waals surface area contributed by atoms with Gasteiger partial charge in [0.15, 0.2) is 0 Å². The fourth-order valence-electron chi connectivity index (χ4n) is 1.67. The van der Waals surface area contributed by atoms with E-state index < -0.39 is 6.10 Å². The Morgan fingerprint density at radius 2 is 2.22 bits per heavy atom. The van der Waals surface area contributed by atoms with Crippen LogP contribution in [0.2, 0.25) is 0 Å². The molecule has 0 fully saturated rings. The standard InChI is InChI=1S/C13H17N3O2/c1-10-15-6-7-16(10)8-11(17)9-18-13-5-3-2-4-12(13)14/h2-7,11,17H,8-9,14H2,1H3. The van der Waals surface area contributed by atoms with Gasteiger partial charge in [-0.15, -0.1) is 0 Å². The van der Waals surface area contributed by atoms with Gasteiger partial charge in [0.25, 0.3) is 0 Å². The van der Waals surface area contributed by atoms with E-state index in [9.17, 15) is 5.11 Å². The summed E-state index contributed by atoms with van der Waals surface area (Å²) in [5.74, 6) is 1.46. The van der Waals surface area contributed by atoms with Crippen LogP contribution < -0.4 is 10.5 Å². The van der Waals surface area contributed by atoms with E-state index in [1.54, 1.807) is 18.3 Å². The molecule has 0 spiro atoms. The van der Waals surface area contributed by atoms with Crippen molar-refractivity contribution in [3.63, 3.8) is 0 Å². The summed E-state index contributed by atoms with van der Waals surface area (Å²) in [5.41, 5.74) is 6.32. The lowest BCUT2D eigenvalue weighted by Gasteiger charge is -2.14. The van der Waals surface area contributed by atoms with Gasteiger partial charge in [0.05, 0.1) is 12.2 Å². The van der Waals surface area contributed by atoms with Crippen LogP contribution in [0.15, 0.2) is 36.7 Å². The number of aliphatic hydroxyl groups excluding tert-OH is 1. The number of aryl methyl sites for hydroxylation is 1. The fraction of sp³-hybridized carbons (Fsp3) is 0.308. The molecule has 0 bridgehead atoms. The molecule has 96 valence electrons. The topological polar surface area (TPSA) is 73.3 Å². The number of anilines is 1. The fourth-order valence-corrected chi connectivity index (χ4v) is 1.67. The van der Waals surface area contributed by atoms with Crippen molar-refractivity contribution in [2.45, 2.75) is 19.6 Å². The lowest BCUT2D eigenvalue weighted by atomic mass is 10.3. The van der Waals surface area contributed by atoms with E-state index >= 15 is 0 Å². The van der Waals surface area contributed by atoms with Gasteiger partial charge < -0.3 is 20.1 Å². The molecule has 0 amide bonds. The number of aliphatic hydroxyl groups is 1. The minimum atomic E-state index is -0.600. The first kappa shape index (κ1) is 12.4. The highest BCUT2D eigenvalue weighted by atomic mass is 16.5. The molecule has 5 heteroatoms. The number of aromatic nitrogens is 2. The zero-order valence-corrected chi connectivity index (χ0v) is 10.3. The number of nitrogen functional groups attached to an aromatic ring is 1. The van der Waals surface area contributed by atoms with Gasteiger partial charge in [-0.3, -0.25) is 0 Å². The first-order chi connectivity index (χ1) is 8.66. The number of hydrogen-bond acceptors (Lipinski definition) is 4. The van der Waals surface area contributed by atoms with Crippen LogP contribution in [0, 0.1) is 6.92 Å². The Morgan fingerprint density at radius 1 is 1.44 bits per heavy atom. The molecule has 0 saturated heterocycles. The van der Waals surface area contributed by atoms with E-state index in [4.69, 9.17) is 10.5 Å². The SMILES string of the molecule is Cc1nccn1CC(O)COc1ccccc1N. The van der Waals surface area contributed by atoms with E-state index in [1.165, 1.54) is 0 Å². The van der Waals surface area contributed by atoms with Crippen molar-refractivity contribution in [2.24, 2.45) is 0 Å². The maximum Gasteiger partial charge on any atom is 0.142 e. The predicted molar refractivity (Wildman–Crippen MR) is 69.3 cm³/mol. The number of nitrogens with two attached hydrogens (primary N) is 1. The molecule has 5 nitrogen and oxygen atoms in total. The number of imidazole rings is 1. The van der Waals surface area contributed by atoms with Crippen LogP contribution in [-0.2, 0) is 6.54 Å². The summed E-state index contributed by atoms with van der Waals surface area (Å²) in [6, 6.07) is 7.23. The maximum atomic E-state index is 9.88. The number of ether oxygens (including phenoxy) is 1. The second kappa shape index (κ2) is 5.55. The molecule has 1 atom stereocenters. The summed E-state index contributed by atoms with van der Waals surface area (Å²) >= 11 is 0. The first-order valence-corrected chi connectivity index (χ1v) is 5.80. The molecule has 3 N–H and O–H groups in total. The third kappa shape index (κ3) is 3.01. The van der Waals surface area contributed by atoms with E-state index in [1.807, 2.05) is 29.8 Å². The zero-order chi connectivity index (χ0) is 13.0. The normalized spacial score (nSPS) is 12.3. The Balaban J connectivity index is 1.87. The van der Waals surface area contributed by atoms with Crippen LogP contribution in [-0.4, -0.2) is 27.4 Å². The quantitative estimate of drug-likeness (QED) is 0.779. The Bertz CT molecular complexity index is 510. The van der Waals surface area contributed by atoms with E-state index in [0.717, 1.165) is 5.82 Å². The Hall–Kier alpha value is -2.01. The summed E-state index contributed by atoms with van der Waals surface area (Å²) in [6.45, 7) is 2.55. The number of para-hydroxylation sites is 2. The van der Waals surface area contributed by atoms with Crippen molar-refractivity contribution in [1.82, 2.24) is 9.55 Å². The van der Waals surface area contributed by atoms with E-state index in [2.05, 4.69) is 4.98 Å². The molecule has 18 heavy (non-hydrogen) atoms. The van der Waals surface area contributed by atoms with E-state index in [0.29, 0.717) is 18.0 Å². The second-order valence-corrected chi connectivity index (χ2v) is 4.13. The van der Waals surface area contributed by atoms with Gasteiger partial charge in [-0.1, -0.05) is 12.1 Å². The van der Waals surface area contributed by atoms with Crippen molar-refractivity contribution in [2.75, 3.05) is 12.3 Å². The zero-order valence-electron chi connectivity index (χ0n) is 10.3. The number of nitrogens with zero attached hydrogens (tertiary/aromatic N) is 2. The maximum absolute atomic E-state index is 9.88. The van der Waals surface area contributed by atoms with Crippen LogP contribution in [0.4, 0.5) is 5.69 Å². The van der Waals surface area contributed by atoms with Crippen molar-refractivity contribution in [3.05, 3.63) is 42.5 Å². The molecule has 2 rings (SSSR count). The van der Waals surface area contributed by atoms with Crippen molar-refractivity contribution in [3.8, 4) is 5.75 Å². The summed E-state index contributed by atoms with van der Waals surface area (Å²) < 4.78 is 7.36. The second-order valence-electron chi connectivity index (χ2n) is 4.13. The van der Waals surface area contributed by atoms with Gasteiger partial charge in [-0.2, -0.15) is 0 Å². The molecule has 2 aromatic rings. The molecule has 1 unspecified atom stereocenters. The third-order valence-electron chi connectivity index (χ3n) is 2.68. The predicted octanol–water partition coefficient (Wildman–Crippen LogP) is 1.21. The molecule has 0 saturated carbocycles. The largest absolute Gasteiger partial charge is 0.489 e. The van der Waals surface area contributed by atoms with Crippen LogP contribution in [0.5, 0.6) is 5.75 Å². The van der Waals surface area contributed by atoms with Crippen molar-refractivity contribution < 1.29 is 9.84 Å². The molecule has 0 aliphatic heterocycles. The third-order valence-corrected chi connectivity index (χ3v) is 2.68. The Kier molecular flexibility index (Phi) is 3.84. The molecule has 0 radical (unpaired) electrons.